The van der Waals surface area contributed by atoms with Crippen molar-refractivity contribution < 1.29 is 9.47 Å². The van der Waals surface area contributed by atoms with Crippen LogP contribution in [0.25, 0.3) is 33.4 Å². The zero-order valence-corrected chi connectivity index (χ0v) is 21.8. The molecule has 37 heavy (non-hydrogen) atoms. The Kier molecular flexibility index (Phi) is 7.14. The molecule has 4 aromatic carbocycles. The van der Waals surface area contributed by atoms with E-state index in [1.54, 1.807) is 14.2 Å². The molecule has 0 atom stereocenters. The SMILES string of the molecule is COc1ccc(-c2c(-c3ccc(C)cc3)cc(N3CCCCC3)c(C#N)c2-c2ccc(OC)cc2)cc1. The van der Waals surface area contributed by atoms with Gasteiger partial charge in [0.25, 0.3) is 0 Å². The molecule has 4 nitrogen and oxygen atoms in total. The first-order valence-corrected chi connectivity index (χ1v) is 12.8. The van der Waals surface area contributed by atoms with E-state index in [0.29, 0.717) is 5.56 Å². The Morgan fingerprint density at radius 1 is 0.676 bits per heavy atom. The normalized spacial score (nSPS) is 13.2. The molecule has 1 aliphatic heterocycles. The summed E-state index contributed by atoms with van der Waals surface area (Å²) in [5.74, 6) is 1.59. The lowest BCUT2D eigenvalue weighted by Gasteiger charge is -2.32. The van der Waals surface area contributed by atoms with Crippen molar-refractivity contribution in [2.24, 2.45) is 0 Å². The Morgan fingerprint density at radius 2 is 1.19 bits per heavy atom. The molecule has 4 aromatic rings. The second-order valence-electron chi connectivity index (χ2n) is 9.55. The van der Waals surface area contributed by atoms with Gasteiger partial charge in [0.1, 0.15) is 17.6 Å². The van der Waals surface area contributed by atoms with Crippen molar-refractivity contribution >= 4 is 5.69 Å². The molecule has 0 aromatic heterocycles. The molecule has 0 bridgehead atoms. The van der Waals surface area contributed by atoms with Gasteiger partial charge in [-0.05, 0) is 84.3 Å². The van der Waals surface area contributed by atoms with Gasteiger partial charge < -0.3 is 14.4 Å². The van der Waals surface area contributed by atoms with Crippen LogP contribution in [0.5, 0.6) is 11.5 Å². The summed E-state index contributed by atoms with van der Waals surface area (Å²) in [7, 11) is 3.35. The summed E-state index contributed by atoms with van der Waals surface area (Å²) in [4.78, 5) is 2.39. The second-order valence-corrected chi connectivity index (χ2v) is 9.55. The van der Waals surface area contributed by atoms with Gasteiger partial charge in [0.05, 0.1) is 25.5 Å². The molecule has 0 amide bonds. The molecule has 4 heteroatoms. The molecular formula is C33H32N2O2. The van der Waals surface area contributed by atoms with Crippen LogP contribution in [-0.4, -0.2) is 27.3 Å². The van der Waals surface area contributed by atoms with E-state index in [1.807, 2.05) is 24.3 Å². The van der Waals surface area contributed by atoms with E-state index in [0.717, 1.165) is 76.5 Å². The average Bonchev–Trinajstić information content (AvgIpc) is 2.97. The second kappa shape index (κ2) is 10.8. The van der Waals surface area contributed by atoms with Gasteiger partial charge in [-0.3, -0.25) is 0 Å². The van der Waals surface area contributed by atoms with E-state index >= 15 is 0 Å². The quantitative estimate of drug-likeness (QED) is 0.277. The third-order valence-electron chi connectivity index (χ3n) is 7.24. The first kappa shape index (κ1) is 24.5. The van der Waals surface area contributed by atoms with Crippen molar-refractivity contribution in [2.75, 3.05) is 32.2 Å². The number of hydrogen-bond acceptors (Lipinski definition) is 4. The lowest BCUT2D eigenvalue weighted by Crippen LogP contribution is -2.30. The number of methoxy groups -OCH3 is 2. The maximum atomic E-state index is 10.6. The Labute approximate surface area is 219 Å². The van der Waals surface area contributed by atoms with Gasteiger partial charge in [0, 0.05) is 18.7 Å². The summed E-state index contributed by atoms with van der Waals surface area (Å²) in [6.45, 7) is 4.03. The minimum atomic E-state index is 0.716. The largest absolute Gasteiger partial charge is 0.497 e. The van der Waals surface area contributed by atoms with Gasteiger partial charge in [-0.25, -0.2) is 0 Å². The average molecular weight is 489 g/mol. The standard InChI is InChI=1S/C33H32N2O2/c1-23-7-9-24(10-8-23)29-21-31(35-19-5-4-6-20-35)30(22-34)33(26-13-17-28(37-3)18-14-26)32(29)25-11-15-27(36-2)16-12-25/h7-18,21H,4-6,19-20H2,1-3H3. The highest BCUT2D eigenvalue weighted by molar-refractivity contribution is 6.00. The van der Waals surface area contributed by atoms with Gasteiger partial charge in [-0.2, -0.15) is 5.26 Å². The van der Waals surface area contributed by atoms with E-state index in [1.165, 1.54) is 12.0 Å². The van der Waals surface area contributed by atoms with Gasteiger partial charge in [-0.1, -0.05) is 54.1 Å². The van der Waals surface area contributed by atoms with Crippen molar-refractivity contribution in [3.8, 4) is 50.9 Å². The monoisotopic (exact) mass is 488 g/mol. The number of nitriles is 1. The lowest BCUT2D eigenvalue weighted by molar-refractivity contribution is 0.414. The third kappa shape index (κ3) is 4.90. The highest BCUT2D eigenvalue weighted by atomic mass is 16.5. The van der Waals surface area contributed by atoms with E-state index in [4.69, 9.17) is 9.47 Å². The van der Waals surface area contributed by atoms with E-state index in [9.17, 15) is 5.26 Å². The molecule has 186 valence electrons. The van der Waals surface area contributed by atoms with Crippen LogP contribution in [0.4, 0.5) is 5.69 Å². The number of rotatable bonds is 6. The first-order chi connectivity index (χ1) is 18.1. The fourth-order valence-electron chi connectivity index (χ4n) is 5.23. The van der Waals surface area contributed by atoms with E-state index in [-0.39, 0.29) is 0 Å². The van der Waals surface area contributed by atoms with Crippen molar-refractivity contribution in [1.29, 1.82) is 5.26 Å². The van der Waals surface area contributed by atoms with Crippen molar-refractivity contribution in [3.05, 3.63) is 90.0 Å². The number of anilines is 1. The molecule has 0 aliphatic carbocycles. The Balaban J connectivity index is 1.87. The minimum Gasteiger partial charge on any atom is -0.497 e. The highest BCUT2D eigenvalue weighted by Gasteiger charge is 2.25. The van der Waals surface area contributed by atoms with Crippen molar-refractivity contribution in [2.45, 2.75) is 26.2 Å². The first-order valence-electron chi connectivity index (χ1n) is 12.8. The van der Waals surface area contributed by atoms with Gasteiger partial charge in [0.2, 0.25) is 0 Å². The highest BCUT2D eigenvalue weighted by Crippen LogP contribution is 2.47. The molecule has 0 unspecified atom stereocenters. The van der Waals surface area contributed by atoms with Gasteiger partial charge >= 0.3 is 0 Å². The fraction of sp³-hybridized carbons (Fsp3) is 0.242. The summed E-state index contributed by atoms with van der Waals surface area (Å²) < 4.78 is 10.9. The Bertz CT molecular complexity index is 1410. The fourth-order valence-corrected chi connectivity index (χ4v) is 5.23. The molecule has 0 radical (unpaired) electrons. The Morgan fingerprint density at radius 3 is 1.70 bits per heavy atom. The van der Waals surface area contributed by atoms with Crippen LogP contribution < -0.4 is 14.4 Å². The maximum absolute atomic E-state index is 10.6. The van der Waals surface area contributed by atoms with Gasteiger partial charge in [-0.15, -0.1) is 0 Å². The number of aryl methyl sites for hydroxylation is 1. The van der Waals surface area contributed by atoms with Crippen LogP contribution in [0.3, 0.4) is 0 Å². The molecular weight excluding hydrogens is 456 g/mol. The number of benzene rings is 4. The Hall–Kier alpha value is -4.23. The van der Waals surface area contributed by atoms with Crippen molar-refractivity contribution in [1.82, 2.24) is 0 Å². The number of hydrogen-bond donors (Lipinski definition) is 0. The van der Waals surface area contributed by atoms with E-state index < -0.39 is 0 Å². The summed E-state index contributed by atoms with van der Waals surface area (Å²) >= 11 is 0. The molecule has 1 heterocycles. The van der Waals surface area contributed by atoms with Crippen LogP contribution in [0, 0.1) is 18.3 Å². The summed E-state index contributed by atoms with van der Waals surface area (Å²) in [5.41, 5.74) is 9.25. The van der Waals surface area contributed by atoms with Crippen LogP contribution >= 0.6 is 0 Å². The molecule has 0 saturated carbocycles. The smallest absolute Gasteiger partial charge is 0.118 e. The zero-order valence-electron chi connectivity index (χ0n) is 21.8. The van der Waals surface area contributed by atoms with Crippen LogP contribution in [0.1, 0.15) is 30.4 Å². The summed E-state index contributed by atoms with van der Waals surface area (Å²) in [6.07, 6.45) is 3.52. The third-order valence-corrected chi connectivity index (χ3v) is 7.24. The minimum absolute atomic E-state index is 0.716. The molecule has 1 aliphatic rings. The predicted octanol–water partition coefficient (Wildman–Crippen LogP) is 7.88. The van der Waals surface area contributed by atoms with Gasteiger partial charge in [0.15, 0.2) is 0 Å². The van der Waals surface area contributed by atoms with E-state index in [2.05, 4.69) is 72.5 Å². The van der Waals surface area contributed by atoms with Crippen LogP contribution in [-0.2, 0) is 0 Å². The van der Waals surface area contributed by atoms with Crippen LogP contribution in [0.15, 0.2) is 78.9 Å². The summed E-state index contributed by atoms with van der Waals surface area (Å²) in [6, 6.07) is 29.7. The molecule has 0 N–H and O–H groups in total. The van der Waals surface area contributed by atoms with Crippen molar-refractivity contribution in [3.63, 3.8) is 0 Å². The maximum Gasteiger partial charge on any atom is 0.118 e. The van der Waals surface area contributed by atoms with Crippen LogP contribution in [0.2, 0.25) is 0 Å². The number of piperidine rings is 1. The zero-order chi connectivity index (χ0) is 25.8. The molecule has 0 spiro atoms. The lowest BCUT2D eigenvalue weighted by atomic mass is 9.83. The topological polar surface area (TPSA) is 45.5 Å². The summed E-state index contributed by atoms with van der Waals surface area (Å²) in [5, 5.41) is 10.6. The number of ether oxygens (including phenoxy) is 2. The predicted molar refractivity (Wildman–Crippen MR) is 151 cm³/mol. The number of nitrogens with zero attached hydrogens (tertiary/aromatic N) is 2. The molecule has 1 saturated heterocycles. The molecule has 1 fully saturated rings. The molecule has 5 rings (SSSR count).